The Labute approximate surface area is 148 Å². The molecule has 0 bridgehead atoms. The quantitative estimate of drug-likeness (QED) is 0.307. The van der Waals surface area contributed by atoms with Gasteiger partial charge in [0.25, 0.3) is 5.56 Å². The number of H-pyrrole nitrogens is 1. The van der Waals surface area contributed by atoms with E-state index < -0.39 is 43.5 Å². The summed E-state index contributed by atoms with van der Waals surface area (Å²) in [7, 11) is -4.29. The van der Waals surface area contributed by atoms with Crippen molar-refractivity contribution in [1.29, 1.82) is 0 Å². The summed E-state index contributed by atoms with van der Waals surface area (Å²) >= 11 is 0. The molecule has 1 fully saturated rings. The molecule has 1 aliphatic heterocycles. The van der Waals surface area contributed by atoms with Crippen molar-refractivity contribution in [2.45, 2.75) is 51.7 Å². The van der Waals surface area contributed by atoms with Crippen molar-refractivity contribution in [3.8, 4) is 0 Å². The molecule has 26 heavy (non-hydrogen) atoms. The number of rotatable bonds is 7. The van der Waals surface area contributed by atoms with E-state index in [1.807, 2.05) is 0 Å². The van der Waals surface area contributed by atoms with Gasteiger partial charge in [0, 0.05) is 23.1 Å². The minimum absolute atomic E-state index is 0.129. The van der Waals surface area contributed by atoms with Crippen molar-refractivity contribution < 1.29 is 23.2 Å². The molecule has 0 spiro atoms. The Morgan fingerprint density at radius 1 is 1.58 bits per heavy atom. The predicted molar refractivity (Wildman–Crippen MR) is 89.5 cm³/mol. The van der Waals surface area contributed by atoms with E-state index in [0.717, 1.165) is 0 Å². The molecule has 2 N–H and O–H groups in total. The van der Waals surface area contributed by atoms with Crippen molar-refractivity contribution in [2.24, 2.45) is 5.11 Å². The molecule has 0 amide bonds. The highest BCUT2D eigenvalue weighted by molar-refractivity contribution is 7.47. The molecule has 0 saturated carbocycles. The van der Waals surface area contributed by atoms with Crippen LogP contribution in [0.3, 0.4) is 0 Å². The number of aryl methyl sites for hydroxylation is 1. The van der Waals surface area contributed by atoms with E-state index in [2.05, 4.69) is 15.0 Å². The lowest BCUT2D eigenvalue weighted by molar-refractivity contribution is -0.0295. The molecular weight excluding hydrogens is 369 g/mol. The second-order valence-electron chi connectivity index (χ2n) is 6.03. The lowest BCUT2D eigenvalue weighted by atomic mass is 10.1. The highest BCUT2D eigenvalue weighted by atomic mass is 31.2. The lowest BCUT2D eigenvalue weighted by Crippen LogP contribution is -2.33. The van der Waals surface area contributed by atoms with Crippen LogP contribution in [0.5, 0.6) is 0 Å². The zero-order valence-electron chi connectivity index (χ0n) is 14.4. The van der Waals surface area contributed by atoms with Gasteiger partial charge in [0.05, 0.1) is 24.9 Å². The maximum atomic E-state index is 12.0. The summed E-state index contributed by atoms with van der Waals surface area (Å²) in [5.74, 6) is 0. The first-order valence-electron chi connectivity index (χ1n) is 7.80. The van der Waals surface area contributed by atoms with Crippen LogP contribution in [0.2, 0.25) is 0 Å². The first-order chi connectivity index (χ1) is 12.1. The van der Waals surface area contributed by atoms with Gasteiger partial charge in [-0.2, -0.15) is 0 Å². The molecule has 0 radical (unpaired) electrons. The Kier molecular flexibility index (Phi) is 6.40. The molecule has 0 aromatic carbocycles. The van der Waals surface area contributed by atoms with E-state index in [1.165, 1.54) is 17.7 Å². The smallest absolute Gasteiger partial charge is 0.352 e. The number of ether oxygens (including phenoxy) is 1. The molecule has 144 valence electrons. The normalized spacial score (nSPS) is 25.0. The van der Waals surface area contributed by atoms with Gasteiger partial charge in [0.1, 0.15) is 6.23 Å². The van der Waals surface area contributed by atoms with Gasteiger partial charge >= 0.3 is 13.5 Å². The number of aromatic nitrogens is 2. The number of hydrogen-bond donors (Lipinski definition) is 2. The summed E-state index contributed by atoms with van der Waals surface area (Å²) in [4.78, 5) is 37.9. The standard InChI is InChI=1S/C13H20N5O7P/c1-7(2)25-26(21,22)23-6-10-9(16-17-14)4-11(24-10)18-5-8(3)12(19)15-13(18)20/h5,7,9-11H,4,6H2,1-3H3,(H,21,22)(H,15,19,20)/t9-,10+,11+/m0/s1. The molecule has 1 unspecified atom stereocenters. The van der Waals surface area contributed by atoms with Crippen LogP contribution in [0.4, 0.5) is 0 Å². The number of phosphoric ester groups is 1. The van der Waals surface area contributed by atoms with Crippen LogP contribution in [-0.2, 0) is 18.3 Å². The molecule has 2 heterocycles. The number of azide groups is 1. The molecule has 1 aromatic rings. The van der Waals surface area contributed by atoms with Crippen LogP contribution >= 0.6 is 7.82 Å². The van der Waals surface area contributed by atoms with E-state index >= 15 is 0 Å². The third kappa shape index (κ3) is 5.04. The van der Waals surface area contributed by atoms with Crippen LogP contribution in [0.15, 0.2) is 20.9 Å². The van der Waals surface area contributed by atoms with Crippen LogP contribution < -0.4 is 11.2 Å². The molecule has 1 saturated heterocycles. The summed E-state index contributed by atoms with van der Waals surface area (Å²) in [5, 5.41) is 3.59. The van der Waals surface area contributed by atoms with Gasteiger partial charge in [-0.3, -0.25) is 23.4 Å². The topological polar surface area (TPSA) is 169 Å². The Morgan fingerprint density at radius 3 is 2.88 bits per heavy atom. The predicted octanol–water partition coefficient (Wildman–Crippen LogP) is 1.35. The molecular formula is C13H20N5O7P. The van der Waals surface area contributed by atoms with Gasteiger partial charge in [0.2, 0.25) is 0 Å². The lowest BCUT2D eigenvalue weighted by Gasteiger charge is -2.19. The van der Waals surface area contributed by atoms with Crippen LogP contribution in [0.1, 0.15) is 32.1 Å². The molecule has 2 rings (SSSR count). The summed E-state index contributed by atoms with van der Waals surface area (Å²) in [6, 6.07) is -0.733. The number of aromatic amines is 1. The molecule has 0 aliphatic carbocycles. The fraction of sp³-hybridized carbons (Fsp3) is 0.692. The zero-order chi connectivity index (χ0) is 19.5. The van der Waals surface area contributed by atoms with Crippen LogP contribution in [-0.4, -0.2) is 39.3 Å². The summed E-state index contributed by atoms with van der Waals surface area (Å²) in [6.07, 6.45) is -0.762. The summed E-state index contributed by atoms with van der Waals surface area (Å²) < 4.78 is 28.3. The number of nitrogens with one attached hydrogen (secondary N) is 1. The largest absolute Gasteiger partial charge is 0.472 e. The van der Waals surface area contributed by atoms with Gasteiger partial charge in [0.15, 0.2) is 0 Å². The maximum absolute atomic E-state index is 12.0. The van der Waals surface area contributed by atoms with Gasteiger partial charge < -0.3 is 9.63 Å². The average molecular weight is 389 g/mol. The minimum atomic E-state index is -4.29. The van der Waals surface area contributed by atoms with E-state index in [1.54, 1.807) is 13.8 Å². The highest BCUT2D eigenvalue weighted by Crippen LogP contribution is 2.45. The summed E-state index contributed by atoms with van der Waals surface area (Å²) in [6.45, 7) is 4.29. The number of hydrogen-bond acceptors (Lipinski definition) is 7. The van der Waals surface area contributed by atoms with Crippen molar-refractivity contribution in [3.63, 3.8) is 0 Å². The van der Waals surface area contributed by atoms with Crippen molar-refractivity contribution in [1.82, 2.24) is 9.55 Å². The average Bonchev–Trinajstić information content (AvgIpc) is 2.91. The van der Waals surface area contributed by atoms with Crippen molar-refractivity contribution >= 4 is 7.82 Å². The SMILES string of the molecule is Cc1cn([C@H]2C[C@H](N=[N+]=[N-])[C@@H](COP(=O)(O)OC(C)C)O2)c(=O)[nH]c1=O. The molecule has 1 aromatic heterocycles. The van der Waals surface area contributed by atoms with Crippen LogP contribution in [0.25, 0.3) is 10.4 Å². The number of nitrogens with zero attached hydrogens (tertiary/aromatic N) is 4. The van der Waals surface area contributed by atoms with Crippen molar-refractivity contribution in [2.75, 3.05) is 6.61 Å². The van der Waals surface area contributed by atoms with Crippen molar-refractivity contribution in [3.05, 3.63) is 43.0 Å². The van der Waals surface area contributed by atoms with Gasteiger partial charge in [-0.15, -0.1) is 0 Å². The zero-order valence-corrected chi connectivity index (χ0v) is 15.3. The van der Waals surface area contributed by atoms with E-state index in [9.17, 15) is 19.0 Å². The first kappa shape index (κ1) is 20.4. The van der Waals surface area contributed by atoms with E-state index in [4.69, 9.17) is 19.3 Å². The third-order valence-corrected chi connectivity index (χ3v) is 4.77. The Balaban J connectivity index is 2.17. The summed E-state index contributed by atoms with van der Waals surface area (Å²) in [5.41, 5.74) is 7.82. The minimum Gasteiger partial charge on any atom is -0.352 e. The van der Waals surface area contributed by atoms with E-state index in [-0.39, 0.29) is 13.0 Å². The fourth-order valence-electron chi connectivity index (χ4n) is 2.49. The molecule has 4 atom stereocenters. The van der Waals surface area contributed by atoms with Gasteiger partial charge in [-0.05, 0) is 26.3 Å². The Morgan fingerprint density at radius 2 is 2.27 bits per heavy atom. The maximum Gasteiger partial charge on any atom is 0.472 e. The molecule has 13 heteroatoms. The fourth-order valence-corrected chi connectivity index (χ4v) is 3.42. The monoisotopic (exact) mass is 389 g/mol. The highest BCUT2D eigenvalue weighted by Gasteiger charge is 2.38. The second kappa shape index (κ2) is 8.17. The Bertz CT molecular complexity index is 859. The first-order valence-corrected chi connectivity index (χ1v) is 9.30. The Hall–Kier alpha value is -1.94. The molecule has 12 nitrogen and oxygen atoms in total. The second-order valence-corrected chi connectivity index (χ2v) is 7.44. The van der Waals surface area contributed by atoms with E-state index in [0.29, 0.717) is 5.56 Å². The molecule has 1 aliphatic rings. The van der Waals surface area contributed by atoms with Gasteiger partial charge in [-0.1, -0.05) is 5.11 Å². The van der Waals surface area contributed by atoms with Crippen LogP contribution in [0, 0.1) is 6.92 Å². The third-order valence-electron chi connectivity index (χ3n) is 3.61. The van der Waals surface area contributed by atoms with Gasteiger partial charge in [-0.25, -0.2) is 9.36 Å². The number of phosphoric acid groups is 1.